The molecule has 5 nitrogen and oxygen atoms in total. The lowest BCUT2D eigenvalue weighted by Crippen LogP contribution is -2.07. The summed E-state index contributed by atoms with van der Waals surface area (Å²) in [6.07, 6.45) is -4.17. The molecule has 1 N–H and O–H groups in total. The zero-order chi connectivity index (χ0) is 24.2. The minimum Gasteiger partial charge on any atom is -0.494 e. The fourth-order valence-corrected chi connectivity index (χ4v) is 4.59. The number of hydrogen-bond acceptors (Lipinski definition) is 4. The van der Waals surface area contributed by atoms with Gasteiger partial charge in [0.1, 0.15) is 5.75 Å². The zero-order valence-electron chi connectivity index (χ0n) is 17.6. The molecule has 0 atom stereocenters. The van der Waals surface area contributed by atoms with E-state index < -0.39 is 27.5 Å². The van der Waals surface area contributed by atoms with Crippen LogP contribution in [-0.4, -0.2) is 26.1 Å². The largest absolute Gasteiger partial charge is 0.494 e. The molecule has 174 valence electrons. The number of hydrogen-bond donors (Lipinski definition) is 1. The van der Waals surface area contributed by atoms with Crippen LogP contribution in [0.2, 0.25) is 0 Å². The Morgan fingerprint density at radius 3 is 2.24 bits per heavy atom. The molecule has 0 unspecified atom stereocenters. The summed E-state index contributed by atoms with van der Waals surface area (Å²) in [7, 11) is -4.06. The summed E-state index contributed by atoms with van der Waals surface area (Å²) in [5.74, 6) is -0.872. The highest BCUT2D eigenvalue weighted by Crippen LogP contribution is 2.33. The van der Waals surface area contributed by atoms with Crippen LogP contribution in [0.15, 0.2) is 76.5 Å². The van der Waals surface area contributed by atoms with Gasteiger partial charge in [0, 0.05) is 0 Å². The molecule has 0 radical (unpaired) electrons. The van der Waals surface area contributed by atoms with E-state index in [4.69, 9.17) is 9.84 Å². The fourth-order valence-electron chi connectivity index (χ4n) is 3.20. The Kier molecular flexibility index (Phi) is 7.12. The zero-order valence-corrected chi connectivity index (χ0v) is 18.4. The Labute approximate surface area is 189 Å². The van der Waals surface area contributed by atoms with E-state index in [2.05, 4.69) is 0 Å². The molecule has 0 saturated carbocycles. The van der Waals surface area contributed by atoms with Crippen molar-refractivity contribution in [2.45, 2.75) is 35.7 Å². The van der Waals surface area contributed by atoms with Crippen molar-refractivity contribution in [3.8, 4) is 16.9 Å². The van der Waals surface area contributed by atoms with Crippen molar-refractivity contribution in [1.29, 1.82) is 0 Å². The molecule has 0 aliphatic heterocycles. The molecule has 0 aliphatic rings. The molecule has 0 saturated heterocycles. The number of carboxylic acids is 1. The van der Waals surface area contributed by atoms with Crippen molar-refractivity contribution in [3.63, 3.8) is 0 Å². The van der Waals surface area contributed by atoms with E-state index in [-0.39, 0.29) is 27.5 Å². The van der Waals surface area contributed by atoms with E-state index in [1.807, 2.05) is 6.92 Å². The smallest absolute Gasteiger partial charge is 0.416 e. The predicted molar refractivity (Wildman–Crippen MR) is 116 cm³/mol. The maximum atomic E-state index is 13.3. The lowest BCUT2D eigenvalue weighted by atomic mass is 10.0. The lowest BCUT2D eigenvalue weighted by Gasteiger charge is -2.12. The Balaban J connectivity index is 2.01. The molecule has 3 rings (SSSR count). The SMILES string of the molecule is CCCOc1cc(CC(=O)O)cc(S(=O)(=O)c2cccc(-c3ccc(C(F)(F)F)cc3)c2)c1. The Bertz CT molecular complexity index is 1250. The number of carbonyl (C=O) groups is 1. The van der Waals surface area contributed by atoms with Gasteiger partial charge in [0.2, 0.25) is 9.84 Å². The molecule has 0 fully saturated rings. The van der Waals surface area contributed by atoms with Gasteiger partial charge in [0.15, 0.2) is 0 Å². The van der Waals surface area contributed by atoms with E-state index >= 15 is 0 Å². The number of carboxylic acid groups (broad SMARTS) is 1. The van der Waals surface area contributed by atoms with Crippen LogP contribution in [0.3, 0.4) is 0 Å². The molecule has 0 aromatic heterocycles. The van der Waals surface area contributed by atoms with E-state index in [1.54, 1.807) is 6.07 Å². The standard InChI is InChI=1S/C24H21F3O5S/c1-2-10-32-20-11-16(13-23(28)29)12-22(15-20)33(30,31)21-5-3-4-18(14-21)17-6-8-19(9-7-17)24(25,26)27/h3-9,11-12,14-15H,2,10,13H2,1H3,(H,28,29). The first-order valence-electron chi connectivity index (χ1n) is 10.0. The molecule has 0 amide bonds. The van der Waals surface area contributed by atoms with Crippen LogP contribution in [0, 0.1) is 0 Å². The van der Waals surface area contributed by atoms with Crippen LogP contribution in [0.25, 0.3) is 11.1 Å². The summed E-state index contributed by atoms with van der Waals surface area (Å²) in [5.41, 5.74) is 0.319. The number of halogens is 3. The van der Waals surface area contributed by atoms with Gasteiger partial charge in [0.05, 0.1) is 28.4 Å². The normalized spacial score (nSPS) is 11.9. The molecule has 33 heavy (non-hydrogen) atoms. The second-order valence-electron chi connectivity index (χ2n) is 7.34. The van der Waals surface area contributed by atoms with Gasteiger partial charge in [-0.15, -0.1) is 0 Å². The molecule has 0 aliphatic carbocycles. The van der Waals surface area contributed by atoms with Crippen LogP contribution in [0.5, 0.6) is 5.75 Å². The number of ether oxygens (including phenoxy) is 1. The summed E-state index contributed by atoms with van der Waals surface area (Å²) >= 11 is 0. The summed E-state index contributed by atoms with van der Waals surface area (Å²) in [6.45, 7) is 2.21. The van der Waals surface area contributed by atoms with E-state index in [1.165, 1.54) is 48.5 Å². The van der Waals surface area contributed by atoms with Gasteiger partial charge in [-0.1, -0.05) is 31.2 Å². The van der Waals surface area contributed by atoms with Crippen molar-refractivity contribution >= 4 is 15.8 Å². The Morgan fingerprint density at radius 1 is 0.939 bits per heavy atom. The number of alkyl halides is 3. The molecule has 0 bridgehead atoms. The van der Waals surface area contributed by atoms with Gasteiger partial charge >= 0.3 is 12.1 Å². The number of aliphatic carboxylic acids is 1. The molecular formula is C24H21F3O5S. The Hall–Kier alpha value is -3.33. The van der Waals surface area contributed by atoms with Crippen molar-refractivity contribution in [2.75, 3.05) is 6.61 Å². The van der Waals surface area contributed by atoms with Crippen molar-refractivity contribution in [1.82, 2.24) is 0 Å². The van der Waals surface area contributed by atoms with Gasteiger partial charge in [-0.05, 0) is 65.6 Å². The van der Waals surface area contributed by atoms with Gasteiger partial charge < -0.3 is 9.84 Å². The first-order valence-corrected chi connectivity index (χ1v) is 11.5. The number of sulfone groups is 1. The summed E-state index contributed by atoms with van der Waals surface area (Å²) in [5, 5.41) is 9.12. The number of benzene rings is 3. The average Bonchev–Trinajstić information content (AvgIpc) is 2.76. The predicted octanol–water partition coefficient (Wildman–Crippen LogP) is 5.62. The van der Waals surface area contributed by atoms with Crippen LogP contribution in [0.4, 0.5) is 13.2 Å². The molecule has 0 spiro atoms. The average molecular weight is 478 g/mol. The van der Waals surface area contributed by atoms with Crippen molar-refractivity contribution < 1.29 is 36.2 Å². The number of rotatable bonds is 8. The van der Waals surface area contributed by atoms with Crippen molar-refractivity contribution in [3.05, 3.63) is 77.9 Å². The van der Waals surface area contributed by atoms with Crippen LogP contribution in [-0.2, 0) is 27.2 Å². The van der Waals surface area contributed by atoms with Crippen LogP contribution in [0.1, 0.15) is 24.5 Å². The van der Waals surface area contributed by atoms with Crippen molar-refractivity contribution in [2.24, 2.45) is 0 Å². The first-order chi connectivity index (χ1) is 15.5. The van der Waals surface area contributed by atoms with E-state index in [0.29, 0.717) is 24.2 Å². The van der Waals surface area contributed by atoms with Crippen LogP contribution >= 0.6 is 0 Å². The minimum absolute atomic E-state index is 0.0752. The fraction of sp³-hybridized carbons (Fsp3) is 0.208. The van der Waals surface area contributed by atoms with E-state index in [9.17, 15) is 26.4 Å². The van der Waals surface area contributed by atoms with E-state index in [0.717, 1.165) is 12.1 Å². The third kappa shape index (κ3) is 5.92. The summed E-state index contributed by atoms with van der Waals surface area (Å²) in [4.78, 5) is 10.9. The first kappa shape index (κ1) is 24.3. The quantitative estimate of drug-likeness (QED) is 0.455. The summed E-state index contributed by atoms with van der Waals surface area (Å²) < 4.78 is 70.6. The highest BCUT2D eigenvalue weighted by Gasteiger charge is 2.30. The molecule has 3 aromatic rings. The maximum absolute atomic E-state index is 13.3. The Morgan fingerprint density at radius 2 is 1.64 bits per heavy atom. The molecule has 0 heterocycles. The van der Waals surface area contributed by atoms with Gasteiger partial charge in [-0.25, -0.2) is 8.42 Å². The third-order valence-corrected chi connectivity index (χ3v) is 6.50. The second-order valence-corrected chi connectivity index (χ2v) is 9.29. The third-order valence-electron chi connectivity index (χ3n) is 4.77. The van der Waals surface area contributed by atoms with Crippen LogP contribution < -0.4 is 4.74 Å². The lowest BCUT2D eigenvalue weighted by molar-refractivity contribution is -0.138. The van der Waals surface area contributed by atoms with Gasteiger partial charge in [-0.2, -0.15) is 13.2 Å². The summed E-state index contributed by atoms with van der Waals surface area (Å²) in [6, 6.07) is 14.4. The molecular weight excluding hydrogens is 457 g/mol. The molecule has 3 aromatic carbocycles. The second kappa shape index (κ2) is 9.66. The minimum atomic E-state index is -4.47. The highest BCUT2D eigenvalue weighted by atomic mass is 32.2. The van der Waals surface area contributed by atoms with Gasteiger partial charge in [-0.3, -0.25) is 4.79 Å². The maximum Gasteiger partial charge on any atom is 0.416 e. The van der Waals surface area contributed by atoms with Gasteiger partial charge in [0.25, 0.3) is 0 Å². The monoisotopic (exact) mass is 478 g/mol. The molecule has 9 heteroatoms. The topological polar surface area (TPSA) is 80.7 Å². The highest BCUT2D eigenvalue weighted by molar-refractivity contribution is 7.91.